The average Bonchev–Trinajstić information content (AvgIpc) is 3.45. The molecule has 0 aliphatic carbocycles. The zero-order valence-corrected chi connectivity index (χ0v) is 26.7. The molecule has 2 heterocycles. The van der Waals surface area contributed by atoms with Gasteiger partial charge in [0.15, 0.2) is 16.6 Å². The molecule has 0 saturated carbocycles. The van der Waals surface area contributed by atoms with Crippen LogP contribution >= 0.6 is 11.3 Å². The maximum absolute atomic E-state index is 13.2. The number of unbranched alkanes of at least 4 members (excludes halogenated alkanes) is 2. The molecule has 1 fully saturated rings. The Balaban J connectivity index is 1.26. The third-order valence-electron chi connectivity index (χ3n) is 7.52. The van der Waals surface area contributed by atoms with Crippen LogP contribution in [0, 0.1) is 0 Å². The van der Waals surface area contributed by atoms with Gasteiger partial charge in [0, 0.05) is 57.9 Å². The van der Waals surface area contributed by atoms with Crippen LogP contribution in [0.3, 0.4) is 0 Å². The molecule has 2 aromatic carbocycles. The average molecular weight is 618 g/mol. The highest BCUT2D eigenvalue weighted by Gasteiger charge is 2.24. The molecule has 4 rings (SSSR count). The van der Waals surface area contributed by atoms with E-state index in [-0.39, 0.29) is 10.8 Å². The lowest BCUT2D eigenvalue weighted by molar-refractivity contribution is 0.0947. The number of sulfonamides is 1. The number of amides is 1. The largest absolute Gasteiger partial charge is 0.493 e. The molecule has 1 aliphatic heterocycles. The van der Waals surface area contributed by atoms with Crippen molar-refractivity contribution in [3.8, 4) is 11.5 Å². The summed E-state index contributed by atoms with van der Waals surface area (Å²) in [5, 5.41) is 3.94. The molecule has 3 aromatic rings. The number of rotatable bonds is 15. The van der Waals surface area contributed by atoms with Crippen molar-refractivity contribution in [2.45, 2.75) is 44.4 Å². The van der Waals surface area contributed by atoms with Gasteiger partial charge >= 0.3 is 0 Å². The van der Waals surface area contributed by atoms with Gasteiger partial charge in [-0.15, -0.1) is 0 Å². The molecule has 0 bridgehead atoms. The van der Waals surface area contributed by atoms with Gasteiger partial charge in [0.1, 0.15) is 5.52 Å². The Kier molecular flexibility index (Phi) is 11.4. The molecule has 42 heavy (non-hydrogen) atoms. The smallest absolute Gasteiger partial charge is 0.251 e. The van der Waals surface area contributed by atoms with E-state index >= 15 is 0 Å². The van der Waals surface area contributed by atoms with Gasteiger partial charge in [0.25, 0.3) is 5.91 Å². The molecular weight excluding hydrogens is 574 g/mol. The van der Waals surface area contributed by atoms with Gasteiger partial charge in [-0.1, -0.05) is 38.0 Å². The van der Waals surface area contributed by atoms with Crippen molar-refractivity contribution >= 4 is 42.6 Å². The number of benzene rings is 2. The van der Waals surface area contributed by atoms with Gasteiger partial charge in [-0.05, 0) is 49.2 Å². The van der Waals surface area contributed by atoms with Gasteiger partial charge in [-0.3, -0.25) is 9.69 Å². The van der Waals surface area contributed by atoms with Gasteiger partial charge in [-0.2, -0.15) is 4.31 Å². The number of nitrogens with one attached hydrogen (secondary N) is 1. The second-order valence-corrected chi connectivity index (χ2v) is 13.3. The Labute approximate surface area is 253 Å². The second-order valence-electron chi connectivity index (χ2n) is 10.4. The quantitative estimate of drug-likeness (QED) is 0.267. The van der Waals surface area contributed by atoms with Crippen LogP contribution in [-0.4, -0.2) is 95.1 Å². The summed E-state index contributed by atoms with van der Waals surface area (Å²) in [6.45, 7) is 9.80. The van der Waals surface area contributed by atoms with E-state index in [1.807, 2.05) is 12.1 Å². The van der Waals surface area contributed by atoms with Crippen LogP contribution in [0.4, 0.5) is 5.13 Å². The maximum atomic E-state index is 13.2. The number of fused-ring (bicyclic) bond motifs is 1. The van der Waals surface area contributed by atoms with E-state index in [1.165, 1.54) is 0 Å². The minimum absolute atomic E-state index is 0.203. The normalized spacial score (nSPS) is 14.5. The van der Waals surface area contributed by atoms with Crippen molar-refractivity contribution in [3.63, 3.8) is 0 Å². The molecule has 10 nitrogen and oxygen atoms in total. The Morgan fingerprint density at radius 1 is 0.976 bits per heavy atom. The van der Waals surface area contributed by atoms with Crippen LogP contribution in [0.2, 0.25) is 0 Å². The number of hydrogen-bond acceptors (Lipinski definition) is 9. The fraction of sp³-hybridized carbons (Fsp3) is 0.533. The fourth-order valence-electron chi connectivity index (χ4n) is 4.97. The van der Waals surface area contributed by atoms with E-state index < -0.39 is 10.0 Å². The van der Waals surface area contributed by atoms with Crippen LogP contribution in [0.15, 0.2) is 41.3 Å². The summed E-state index contributed by atoms with van der Waals surface area (Å²) < 4.78 is 40.0. The van der Waals surface area contributed by atoms with E-state index in [0.29, 0.717) is 36.7 Å². The molecule has 1 aromatic heterocycles. The van der Waals surface area contributed by atoms with Crippen molar-refractivity contribution in [3.05, 3.63) is 42.0 Å². The highest BCUT2D eigenvalue weighted by molar-refractivity contribution is 7.89. The number of thiazole rings is 1. The zero-order valence-electron chi connectivity index (χ0n) is 25.1. The Hall–Kier alpha value is -2.93. The first-order valence-corrected chi connectivity index (χ1v) is 16.9. The predicted molar refractivity (Wildman–Crippen MR) is 169 cm³/mol. The summed E-state index contributed by atoms with van der Waals surface area (Å²) in [4.78, 5) is 22.4. The fourth-order valence-corrected chi connectivity index (χ4v) is 7.51. The van der Waals surface area contributed by atoms with Crippen LogP contribution < -0.4 is 19.7 Å². The van der Waals surface area contributed by atoms with Crippen molar-refractivity contribution in [1.82, 2.24) is 19.5 Å². The SMILES string of the molecule is CCCCN(CCCC)S(=O)(=O)c1ccc(C(=O)NCCN2CCN(c3nc4c(OC)c(OC)ccc4s3)CC2)cc1. The summed E-state index contributed by atoms with van der Waals surface area (Å²) in [5.74, 6) is 1.13. The van der Waals surface area contributed by atoms with Crippen LogP contribution in [0.5, 0.6) is 11.5 Å². The number of nitrogens with zero attached hydrogens (tertiary/aromatic N) is 4. The second kappa shape index (κ2) is 15.0. The monoisotopic (exact) mass is 617 g/mol. The van der Waals surface area contributed by atoms with Crippen LogP contribution in [0.1, 0.15) is 49.9 Å². The summed E-state index contributed by atoms with van der Waals surface area (Å²) >= 11 is 1.65. The van der Waals surface area contributed by atoms with Crippen molar-refractivity contribution in [2.75, 3.05) is 71.5 Å². The maximum Gasteiger partial charge on any atom is 0.251 e. The molecule has 1 amide bonds. The summed E-state index contributed by atoms with van der Waals surface area (Å²) in [6, 6.07) is 10.2. The van der Waals surface area contributed by atoms with E-state index in [4.69, 9.17) is 14.5 Å². The van der Waals surface area contributed by atoms with E-state index in [9.17, 15) is 13.2 Å². The van der Waals surface area contributed by atoms with Gasteiger partial charge in [0.2, 0.25) is 10.0 Å². The van der Waals surface area contributed by atoms with Gasteiger partial charge in [-0.25, -0.2) is 13.4 Å². The first kappa shape index (κ1) is 32.0. The third-order valence-corrected chi connectivity index (χ3v) is 10.5. The van der Waals surface area contributed by atoms with Crippen molar-refractivity contribution in [2.24, 2.45) is 0 Å². The Bertz CT molecular complexity index is 1410. The topological polar surface area (TPSA) is 104 Å². The lowest BCUT2D eigenvalue weighted by Gasteiger charge is -2.34. The molecule has 1 N–H and O–H groups in total. The van der Waals surface area contributed by atoms with Crippen molar-refractivity contribution in [1.29, 1.82) is 0 Å². The van der Waals surface area contributed by atoms with E-state index in [0.717, 1.165) is 73.8 Å². The number of methoxy groups -OCH3 is 2. The predicted octanol–water partition coefficient (Wildman–Crippen LogP) is 4.46. The minimum atomic E-state index is -3.58. The highest BCUT2D eigenvalue weighted by atomic mass is 32.2. The number of piperazine rings is 1. The molecular formula is C30H43N5O5S2. The van der Waals surface area contributed by atoms with Gasteiger partial charge in [0.05, 0.1) is 23.8 Å². The lowest BCUT2D eigenvalue weighted by Crippen LogP contribution is -2.48. The first-order chi connectivity index (χ1) is 20.3. The highest BCUT2D eigenvalue weighted by Crippen LogP contribution is 2.40. The van der Waals surface area contributed by atoms with E-state index in [2.05, 4.69) is 29.0 Å². The minimum Gasteiger partial charge on any atom is -0.493 e. The third kappa shape index (κ3) is 7.52. The molecule has 1 saturated heterocycles. The summed E-state index contributed by atoms with van der Waals surface area (Å²) in [5.41, 5.74) is 1.27. The molecule has 12 heteroatoms. The first-order valence-electron chi connectivity index (χ1n) is 14.7. The number of hydrogen-bond donors (Lipinski definition) is 1. The Morgan fingerprint density at radius 2 is 1.64 bits per heavy atom. The van der Waals surface area contributed by atoms with E-state index in [1.54, 1.807) is 54.1 Å². The number of carbonyl (C=O) groups is 1. The molecule has 0 spiro atoms. The number of carbonyl (C=O) groups excluding carboxylic acids is 1. The molecule has 0 atom stereocenters. The van der Waals surface area contributed by atoms with Crippen LogP contribution in [-0.2, 0) is 10.0 Å². The number of aromatic nitrogens is 1. The zero-order chi connectivity index (χ0) is 30.1. The summed E-state index contributed by atoms with van der Waals surface area (Å²) in [6.07, 6.45) is 3.51. The lowest BCUT2D eigenvalue weighted by atomic mass is 10.2. The molecule has 0 unspecified atom stereocenters. The number of anilines is 1. The molecule has 1 aliphatic rings. The molecule has 0 radical (unpaired) electrons. The van der Waals surface area contributed by atoms with Gasteiger partial charge < -0.3 is 19.7 Å². The standard InChI is InChI=1S/C30H43N5O5S2/c1-5-7-16-35(17-8-6-2)42(37,38)24-11-9-23(10-12-24)29(36)31-15-18-33-19-21-34(22-20-33)30-32-27-26(41-30)14-13-25(39-3)28(27)40-4/h9-14H,5-8,15-22H2,1-4H3,(H,31,36). The number of ether oxygens (including phenoxy) is 2. The summed E-state index contributed by atoms with van der Waals surface area (Å²) in [7, 11) is -0.330. The Morgan fingerprint density at radius 3 is 2.24 bits per heavy atom. The molecule has 230 valence electrons. The van der Waals surface area contributed by atoms with Crippen LogP contribution in [0.25, 0.3) is 10.2 Å². The van der Waals surface area contributed by atoms with Crippen molar-refractivity contribution < 1.29 is 22.7 Å².